The van der Waals surface area contributed by atoms with Crippen molar-refractivity contribution < 1.29 is 9.47 Å². The van der Waals surface area contributed by atoms with Gasteiger partial charge in [0.05, 0.1) is 13.7 Å². The van der Waals surface area contributed by atoms with Crippen molar-refractivity contribution in [1.82, 2.24) is 0 Å². The summed E-state index contributed by atoms with van der Waals surface area (Å²) >= 11 is 6.16. The van der Waals surface area contributed by atoms with Gasteiger partial charge in [0.1, 0.15) is 11.5 Å². The van der Waals surface area contributed by atoms with Crippen molar-refractivity contribution in [3.63, 3.8) is 0 Å². The van der Waals surface area contributed by atoms with Crippen molar-refractivity contribution in [3.05, 3.63) is 57.6 Å². The van der Waals surface area contributed by atoms with Gasteiger partial charge in [-0.2, -0.15) is 0 Å². The zero-order valence-corrected chi connectivity index (χ0v) is 15.6. The third-order valence-electron chi connectivity index (χ3n) is 4.36. The van der Waals surface area contributed by atoms with E-state index in [9.17, 15) is 0 Å². The second-order valence-electron chi connectivity index (χ2n) is 6.00. The Hall–Kier alpha value is -1.71. The molecule has 0 spiro atoms. The SMILES string of the molecule is CCOc1cc(C)c(C)cc1C(CN)Cc1cc(Cl)ccc1OC. The molecule has 0 radical (unpaired) electrons. The van der Waals surface area contributed by atoms with Crippen LogP contribution in [0.2, 0.25) is 5.02 Å². The number of hydrogen-bond acceptors (Lipinski definition) is 3. The molecule has 0 heterocycles. The molecular formula is C20H26ClNO2. The lowest BCUT2D eigenvalue weighted by atomic mass is 9.89. The molecule has 0 bridgehead atoms. The molecule has 0 aliphatic carbocycles. The van der Waals surface area contributed by atoms with Crippen LogP contribution in [0, 0.1) is 13.8 Å². The van der Waals surface area contributed by atoms with Crippen LogP contribution < -0.4 is 15.2 Å². The lowest BCUT2D eigenvalue weighted by Crippen LogP contribution is -2.17. The van der Waals surface area contributed by atoms with Crippen LogP contribution >= 0.6 is 11.6 Å². The van der Waals surface area contributed by atoms with Crippen LogP contribution in [-0.2, 0) is 6.42 Å². The Balaban J connectivity index is 2.42. The summed E-state index contributed by atoms with van der Waals surface area (Å²) in [5.74, 6) is 1.88. The molecule has 130 valence electrons. The molecular weight excluding hydrogens is 322 g/mol. The van der Waals surface area contributed by atoms with E-state index < -0.39 is 0 Å². The van der Waals surface area contributed by atoms with Gasteiger partial charge in [0.15, 0.2) is 0 Å². The predicted molar refractivity (Wildman–Crippen MR) is 101 cm³/mol. The fourth-order valence-electron chi connectivity index (χ4n) is 2.90. The number of halogens is 1. The van der Waals surface area contributed by atoms with Gasteiger partial charge in [-0.1, -0.05) is 17.7 Å². The molecule has 24 heavy (non-hydrogen) atoms. The van der Waals surface area contributed by atoms with Crippen LogP contribution in [0.1, 0.15) is 35.1 Å². The second kappa shape index (κ2) is 8.41. The first kappa shape index (κ1) is 18.6. The summed E-state index contributed by atoms with van der Waals surface area (Å²) in [6.07, 6.45) is 0.753. The van der Waals surface area contributed by atoms with Crippen LogP contribution in [0.4, 0.5) is 0 Å². The smallest absolute Gasteiger partial charge is 0.123 e. The Labute approximate surface area is 149 Å². The average molecular weight is 348 g/mol. The molecule has 0 aliphatic rings. The van der Waals surface area contributed by atoms with E-state index in [0.717, 1.165) is 29.0 Å². The van der Waals surface area contributed by atoms with Crippen molar-refractivity contribution >= 4 is 11.6 Å². The normalized spacial score (nSPS) is 12.1. The first-order valence-corrected chi connectivity index (χ1v) is 8.64. The molecule has 4 heteroatoms. The monoisotopic (exact) mass is 347 g/mol. The number of methoxy groups -OCH3 is 1. The largest absolute Gasteiger partial charge is 0.496 e. The fourth-order valence-corrected chi connectivity index (χ4v) is 3.10. The third-order valence-corrected chi connectivity index (χ3v) is 4.59. The van der Waals surface area contributed by atoms with Crippen molar-refractivity contribution in [3.8, 4) is 11.5 Å². The van der Waals surface area contributed by atoms with Crippen molar-refractivity contribution in [2.45, 2.75) is 33.1 Å². The average Bonchev–Trinajstić information content (AvgIpc) is 2.56. The van der Waals surface area contributed by atoms with E-state index in [1.807, 2.05) is 25.1 Å². The fraction of sp³-hybridized carbons (Fsp3) is 0.400. The number of hydrogen-bond donors (Lipinski definition) is 1. The lowest BCUT2D eigenvalue weighted by molar-refractivity contribution is 0.333. The van der Waals surface area contributed by atoms with Gasteiger partial charge >= 0.3 is 0 Å². The van der Waals surface area contributed by atoms with Gasteiger partial charge in [-0.3, -0.25) is 0 Å². The molecule has 3 nitrogen and oxygen atoms in total. The Kier molecular flexibility index (Phi) is 6.52. The van der Waals surface area contributed by atoms with Gasteiger partial charge in [-0.25, -0.2) is 0 Å². The van der Waals surface area contributed by atoms with Crippen molar-refractivity contribution in [2.75, 3.05) is 20.3 Å². The number of aryl methyl sites for hydroxylation is 2. The number of nitrogens with two attached hydrogens (primary N) is 1. The molecule has 0 amide bonds. The molecule has 1 unspecified atom stereocenters. The van der Waals surface area contributed by atoms with Gasteiger partial charge in [-0.15, -0.1) is 0 Å². The highest BCUT2D eigenvalue weighted by Gasteiger charge is 2.19. The van der Waals surface area contributed by atoms with E-state index in [4.69, 9.17) is 26.8 Å². The molecule has 1 atom stereocenters. The summed E-state index contributed by atoms with van der Waals surface area (Å²) in [6, 6.07) is 9.98. The summed E-state index contributed by atoms with van der Waals surface area (Å²) in [4.78, 5) is 0. The molecule has 2 aromatic rings. The predicted octanol–water partition coefficient (Wildman–Crippen LogP) is 4.65. The Bertz CT molecular complexity index is 700. The maximum Gasteiger partial charge on any atom is 0.123 e. The van der Waals surface area contributed by atoms with Crippen molar-refractivity contribution in [1.29, 1.82) is 0 Å². The van der Waals surface area contributed by atoms with Crippen LogP contribution in [0.3, 0.4) is 0 Å². The summed E-state index contributed by atoms with van der Waals surface area (Å²) in [5.41, 5.74) is 10.8. The van der Waals surface area contributed by atoms with Crippen LogP contribution in [-0.4, -0.2) is 20.3 Å². The zero-order valence-electron chi connectivity index (χ0n) is 14.9. The van der Waals surface area contributed by atoms with Gasteiger partial charge in [0.2, 0.25) is 0 Å². The van der Waals surface area contributed by atoms with E-state index in [1.54, 1.807) is 7.11 Å². The van der Waals surface area contributed by atoms with E-state index in [0.29, 0.717) is 18.2 Å². The number of rotatable bonds is 7. The Morgan fingerprint density at radius 3 is 2.42 bits per heavy atom. The first-order chi connectivity index (χ1) is 11.5. The first-order valence-electron chi connectivity index (χ1n) is 8.26. The summed E-state index contributed by atoms with van der Waals surface area (Å²) < 4.78 is 11.3. The minimum Gasteiger partial charge on any atom is -0.496 e. The van der Waals surface area contributed by atoms with E-state index in [-0.39, 0.29) is 5.92 Å². The maximum atomic E-state index is 6.16. The number of ether oxygens (including phenoxy) is 2. The lowest BCUT2D eigenvalue weighted by Gasteiger charge is -2.22. The molecule has 0 fully saturated rings. The van der Waals surface area contributed by atoms with Gasteiger partial charge in [0, 0.05) is 10.9 Å². The quantitative estimate of drug-likeness (QED) is 0.792. The van der Waals surface area contributed by atoms with E-state index >= 15 is 0 Å². The number of benzene rings is 2. The highest BCUT2D eigenvalue weighted by Crippen LogP contribution is 2.34. The highest BCUT2D eigenvalue weighted by atomic mass is 35.5. The Morgan fingerprint density at radius 1 is 1.08 bits per heavy atom. The summed E-state index contributed by atoms with van der Waals surface area (Å²) in [5, 5.41) is 0.701. The third kappa shape index (κ3) is 4.22. The minimum absolute atomic E-state index is 0.137. The standard InChI is InChI=1S/C20H26ClNO2/c1-5-24-20-9-14(3)13(2)8-18(20)16(12-22)10-15-11-17(21)6-7-19(15)23-4/h6-9,11,16H,5,10,12,22H2,1-4H3. The maximum absolute atomic E-state index is 6.16. The summed E-state index contributed by atoms with van der Waals surface area (Å²) in [6.45, 7) is 7.36. The molecule has 0 saturated heterocycles. The van der Waals surface area contributed by atoms with Gasteiger partial charge < -0.3 is 15.2 Å². The molecule has 2 rings (SSSR count). The molecule has 0 aromatic heterocycles. The van der Waals surface area contributed by atoms with E-state index in [1.165, 1.54) is 11.1 Å². The van der Waals surface area contributed by atoms with Crippen LogP contribution in [0.15, 0.2) is 30.3 Å². The Morgan fingerprint density at radius 2 is 1.79 bits per heavy atom. The summed E-state index contributed by atoms with van der Waals surface area (Å²) in [7, 11) is 1.67. The zero-order chi connectivity index (χ0) is 17.7. The molecule has 2 aromatic carbocycles. The van der Waals surface area contributed by atoms with Gasteiger partial charge in [-0.05, 0) is 80.3 Å². The second-order valence-corrected chi connectivity index (χ2v) is 6.44. The molecule has 0 saturated carbocycles. The highest BCUT2D eigenvalue weighted by molar-refractivity contribution is 6.30. The van der Waals surface area contributed by atoms with Crippen LogP contribution in [0.25, 0.3) is 0 Å². The van der Waals surface area contributed by atoms with Crippen LogP contribution in [0.5, 0.6) is 11.5 Å². The minimum atomic E-state index is 0.137. The molecule has 2 N–H and O–H groups in total. The molecule has 0 aliphatic heterocycles. The van der Waals surface area contributed by atoms with Gasteiger partial charge in [0.25, 0.3) is 0 Å². The van der Waals surface area contributed by atoms with E-state index in [2.05, 4.69) is 26.0 Å². The van der Waals surface area contributed by atoms with Crippen molar-refractivity contribution in [2.24, 2.45) is 5.73 Å². The topological polar surface area (TPSA) is 44.5 Å².